The zero-order valence-corrected chi connectivity index (χ0v) is 16.0. The number of benzene rings is 1. The van der Waals surface area contributed by atoms with Crippen LogP contribution < -0.4 is 10.1 Å². The third-order valence-electron chi connectivity index (χ3n) is 3.98. The zero-order chi connectivity index (χ0) is 19.2. The van der Waals surface area contributed by atoms with Gasteiger partial charge in [0.05, 0.1) is 24.4 Å². The fraction of sp³-hybridized carbons (Fsp3) is 0.200. The lowest BCUT2D eigenvalue weighted by Crippen LogP contribution is -2.15. The molecule has 0 saturated carbocycles. The van der Waals surface area contributed by atoms with Crippen molar-refractivity contribution in [1.29, 1.82) is 0 Å². The Bertz CT molecular complexity index is 908. The molecule has 2 N–H and O–H groups in total. The molecule has 2 heterocycles. The molecule has 1 amide bonds. The molecule has 0 bridgehead atoms. The van der Waals surface area contributed by atoms with Gasteiger partial charge in [0, 0.05) is 12.3 Å². The normalized spacial score (nSPS) is 10.6. The van der Waals surface area contributed by atoms with E-state index in [1.807, 2.05) is 37.3 Å². The first-order valence-corrected chi connectivity index (χ1v) is 9.41. The lowest BCUT2D eigenvalue weighted by molar-refractivity contribution is -0.113. The molecule has 140 valence electrons. The summed E-state index contributed by atoms with van der Waals surface area (Å²) in [5.41, 5.74) is 1.96. The van der Waals surface area contributed by atoms with E-state index in [1.54, 1.807) is 36.1 Å². The molecule has 0 aliphatic carbocycles. The summed E-state index contributed by atoms with van der Waals surface area (Å²) in [6.45, 7) is 2.43. The van der Waals surface area contributed by atoms with Crippen LogP contribution in [-0.4, -0.2) is 33.4 Å². The van der Waals surface area contributed by atoms with Crippen LogP contribution >= 0.6 is 11.8 Å². The number of hydrogen-bond donors (Lipinski definition) is 2. The Kier molecular flexibility index (Phi) is 6.03. The van der Waals surface area contributed by atoms with Crippen LogP contribution in [-0.2, 0) is 11.3 Å². The minimum atomic E-state index is -0.144. The fourth-order valence-electron chi connectivity index (χ4n) is 2.66. The molecule has 6 nitrogen and oxygen atoms in total. The maximum atomic E-state index is 12.2. The number of pyridine rings is 1. The molecule has 0 fully saturated rings. The Morgan fingerprint density at radius 1 is 1.26 bits per heavy atom. The van der Waals surface area contributed by atoms with Crippen LogP contribution in [0.5, 0.6) is 11.6 Å². The van der Waals surface area contributed by atoms with Gasteiger partial charge in [-0.25, -0.2) is 4.98 Å². The Balaban J connectivity index is 1.69. The summed E-state index contributed by atoms with van der Waals surface area (Å²) in [5, 5.41) is 13.9. The molecular weight excluding hydrogens is 362 g/mol. The van der Waals surface area contributed by atoms with E-state index in [1.165, 1.54) is 11.8 Å². The summed E-state index contributed by atoms with van der Waals surface area (Å²) in [7, 11) is 1.63. The van der Waals surface area contributed by atoms with Gasteiger partial charge in [-0.3, -0.25) is 4.79 Å². The molecule has 1 aromatic carbocycles. The first-order valence-electron chi connectivity index (χ1n) is 8.42. The predicted octanol–water partition coefficient (Wildman–Crippen LogP) is 3.68. The van der Waals surface area contributed by atoms with Gasteiger partial charge < -0.3 is 19.7 Å². The summed E-state index contributed by atoms with van der Waals surface area (Å²) in [6.07, 6.45) is 1.63. The molecule has 0 atom stereocenters. The van der Waals surface area contributed by atoms with Crippen molar-refractivity contribution in [3.63, 3.8) is 0 Å². The Morgan fingerprint density at radius 3 is 2.70 bits per heavy atom. The van der Waals surface area contributed by atoms with Crippen molar-refractivity contribution in [3.05, 3.63) is 65.9 Å². The number of anilines is 1. The van der Waals surface area contributed by atoms with E-state index in [0.717, 1.165) is 21.9 Å². The minimum absolute atomic E-state index is 0.144. The number of aromatic hydroxyl groups is 1. The van der Waals surface area contributed by atoms with Gasteiger partial charge in [0.25, 0.3) is 0 Å². The van der Waals surface area contributed by atoms with Crippen LogP contribution in [0.2, 0.25) is 0 Å². The first-order chi connectivity index (χ1) is 13.1. The third kappa shape index (κ3) is 4.83. The molecule has 3 aromatic rings. The van der Waals surface area contributed by atoms with E-state index in [-0.39, 0.29) is 17.5 Å². The van der Waals surface area contributed by atoms with Crippen molar-refractivity contribution < 1.29 is 14.6 Å². The second-order valence-corrected chi connectivity index (χ2v) is 6.94. The number of aromatic nitrogens is 2. The van der Waals surface area contributed by atoms with Crippen molar-refractivity contribution >= 4 is 23.5 Å². The summed E-state index contributed by atoms with van der Waals surface area (Å²) in [4.78, 5) is 16.3. The number of carbonyl (C=O) groups is 1. The summed E-state index contributed by atoms with van der Waals surface area (Å²) in [5.74, 6) is 1.57. The highest BCUT2D eigenvalue weighted by Crippen LogP contribution is 2.31. The van der Waals surface area contributed by atoms with Gasteiger partial charge in [0.1, 0.15) is 11.6 Å². The Labute approximate surface area is 162 Å². The molecule has 0 saturated heterocycles. The predicted molar refractivity (Wildman–Crippen MR) is 107 cm³/mol. The van der Waals surface area contributed by atoms with E-state index < -0.39 is 0 Å². The number of methoxy groups -OCH3 is 1. The maximum absolute atomic E-state index is 12.2. The maximum Gasteiger partial charge on any atom is 0.235 e. The van der Waals surface area contributed by atoms with Crippen molar-refractivity contribution in [2.75, 3.05) is 18.2 Å². The van der Waals surface area contributed by atoms with E-state index in [0.29, 0.717) is 12.4 Å². The topological polar surface area (TPSA) is 76.4 Å². The number of nitrogens with zero attached hydrogens (tertiary/aromatic N) is 2. The van der Waals surface area contributed by atoms with Crippen molar-refractivity contribution in [3.8, 4) is 11.6 Å². The van der Waals surface area contributed by atoms with Crippen LogP contribution in [0.4, 0.5) is 5.82 Å². The molecular formula is C20H21N3O3S. The Hall–Kier alpha value is -2.93. The van der Waals surface area contributed by atoms with Crippen molar-refractivity contribution in [2.45, 2.75) is 18.5 Å². The molecule has 27 heavy (non-hydrogen) atoms. The SMILES string of the molecule is COc1ccc(Cn2c(O)cc(C)c2SCC(=O)Nc2ccccn2)cc1. The van der Waals surface area contributed by atoms with Crippen LogP contribution in [0.25, 0.3) is 0 Å². The molecule has 0 aliphatic heterocycles. The lowest BCUT2D eigenvalue weighted by atomic mass is 10.2. The molecule has 0 radical (unpaired) electrons. The quantitative estimate of drug-likeness (QED) is 0.609. The van der Waals surface area contributed by atoms with Gasteiger partial charge in [0.2, 0.25) is 5.91 Å². The Morgan fingerprint density at radius 2 is 2.04 bits per heavy atom. The van der Waals surface area contributed by atoms with Crippen LogP contribution in [0.3, 0.4) is 0 Å². The number of ether oxygens (including phenoxy) is 1. The molecule has 7 heteroatoms. The van der Waals surface area contributed by atoms with E-state index in [4.69, 9.17) is 4.74 Å². The number of carbonyl (C=O) groups excluding carboxylic acids is 1. The fourth-order valence-corrected chi connectivity index (χ4v) is 3.60. The highest BCUT2D eigenvalue weighted by atomic mass is 32.2. The van der Waals surface area contributed by atoms with Gasteiger partial charge in [-0.05, 0) is 42.3 Å². The number of aryl methyl sites for hydroxylation is 1. The van der Waals surface area contributed by atoms with E-state index in [9.17, 15) is 9.90 Å². The third-order valence-corrected chi connectivity index (χ3v) is 5.20. The van der Waals surface area contributed by atoms with Gasteiger partial charge in [-0.2, -0.15) is 0 Å². The largest absolute Gasteiger partial charge is 0.497 e. The van der Waals surface area contributed by atoms with Crippen molar-refractivity contribution in [1.82, 2.24) is 9.55 Å². The molecule has 0 spiro atoms. The van der Waals surface area contributed by atoms with Gasteiger partial charge in [-0.15, -0.1) is 0 Å². The first kappa shape index (κ1) is 18.8. The zero-order valence-electron chi connectivity index (χ0n) is 15.2. The monoisotopic (exact) mass is 383 g/mol. The van der Waals surface area contributed by atoms with Gasteiger partial charge in [0.15, 0.2) is 5.88 Å². The lowest BCUT2D eigenvalue weighted by Gasteiger charge is -2.12. The summed E-state index contributed by atoms with van der Waals surface area (Å²) in [6, 6.07) is 14.7. The number of hydrogen-bond acceptors (Lipinski definition) is 5. The summed E-state index contributed by atoms with van der Waals surface area (Å²) < 4.78 is 6.98. The highest BCUT2D eigenvalue weighted by molar-refractivity contribution is 8.00. The second kappa shape index (κ2) is 8.64. The average Bonchev–Trinajstić information content (AvgIpc) is 2.94. The van der Waals surface area contributed by atoms with Crippen LogP contribution in [0, 0.1) is 6.92 Å². The minimum Gasteiger partial charge on any atom is -0.497 e. The number of nitrogens with one attached hydrogen (secondary N) is 1. The second-order valence-electron chi connectivity index (χ2n) is 5.98. The van der Waals surface area contributed by atoms with Crippen molar-refractivity contribution in [2.24, 2.45) is 0 Å². The van der Waals surface area contributed by atoms with Crippen LogP contribution in [0.1, 0.15) is 11.1 Å². The van der Waals surface area contributed by atoms with E-state index in [2.05, 4.69) is 10.3 Å². The summed E-state index contributed by atoms with van der Waals surface area (Å²) >= 11 is 1.39. The molecule has 2 aromatic heterocycles. The van der Waals surface area contributed by atoms with Gasteiger partial charge in [-0.1, -0.05) is 30.0 Å². The number of rotatable bonds is 7. The number of amides is 1. The smallest absolute Gasteiger partial charge is 0.235 e. The number of thioether (sulfide) groups is 1. The van der Waals surface area contributed by atoms with E-state index >= 15 is 0 Å². The molecule has 0 aliphatic rings. The van der Waals surface area contributed by atoms with Gasteiger partial charge >= 0.3 is 0 Å². The molecule has 3 rings (SSSR count). The molecule has 0 unspecified atom stereocenters. The average molecular weight is 383 g/mol. The standard InChI is InChI=1S/C20H21N3O3S/c1-14-11-19(25)23(12-15-6-8-16(26-2)9-7-15)20(14)27-13-18(24)22-17-5-3-4-10-21-17/h3-11,25H,12-13H2,1-2H3,(H,21,22,24). The highest BCUT2D eigenvalue weighted by Gasteiger charge is 2.15. The van der Waals surface area contributed by atoms with Crippen LogP contribution in [0.15, 0.2) is 59.8 Å².